The lowest BCUT2D eigenvalue weighted by Gasteiger charge is -2.36. The van der Waals surface area contributed by atoms with Gasteiger partial charge in [0.25, 0.3) is 0 Å². The number of piperidine rings is 1. The van der Waals surface area contributed by atoms with Crippen LogP contribution in [0.1, 0.15) is 48.8 Å². The van der Waals surface area contributed by atoms with Crippen LogP contribution < -0.4 is 5.73 Å². The first-order chi connectivity index (χ1) is 9.20. The van der Waals surface area contributed by atoms with Gasteiger partial charge in [0.15, 0.2) is 0 Å². The number of likely N-dealkylation sites (tertiary alicyclic amines) is 1. The van der Waals surface area contributed by atoms with Crippen LogP contribution in [-0.4, -0.2) is 24.0 Å². The molecule has 1 unspecified atom stereocenters. The number of rotatable bonds is 5. The van der Waals surface area contributed by atoms with E-state index in [0.717, 1.165) is 25.6 Å². The van der Waals surface area contributed by atoms with Crippen LogP contribution in [0.3, 0.4) is 0 Å². The van der Waals surface area contributed by atoms with Crippen molar-refractivity contribution in [1.82, 2.24) is 4.90 Å². The lowest BCUT2D eigenvalue weighted by molar-refractivity contribution is 0.131. The monoisotopic (exact) mass is 260 g/mol. The standard InChI is InChI=1S/C17H28N2/c1-14-8-9-16(12-15(14)2)13-19-11-4-3-6-17(19)7-5-10-18/h8-9,12,17H,3-7,10-11,13,18H2,1-2H3. The Morgan fingerprint density at radius 2 is 2.05 bits per heavy atom. The quantitative estimate of drug-likeness (QED) is 0.879. The van der Waals surface area contributed by atoms with Gasteiger partial charge in [-0.3, -0.25) is 4.90 Å². The maximum absolute atomic E-state index is 5.66. The van der Waals surface area contributed by atoms with Gasteiger partial charge in [0.2, 0.25) is 0 Å². The molecule has 19 heavy (non-hydrogen) atoms. The lowest BCUT2D eigenvalue weighted by Crippen LogP contribution is -2.39. The normalized spacial score (nSPS) is 20.7. The third kappa shape index (κ3) is 4.05. The van der Waals surface area contributed by atoms with Crippen molar-refractivity contribution in [3.8, 4) is 0 Å². The number of hydrogen-bond acceptors (Lipinski definition) is 2. The van der Waals surface area contributed by atoms with Gasteiger partial charge in [-0.1, -0.05) is 24.6 Å². The second-order valence-electron chi connectivity index (χ2n) is 5.97. The molecule has 2 rings (SSSR count). The Kier molecular flexibility index (Phi) is 5.41. The fraction of sp³-hybridized carbons (Fsp3) is 0.647. The summed E-state index contributed by atoms with van der Waals surface area (Å²) in [5.74, 6) is 0. The number of aryl methyl sites for hydroxylation is 2. The summed E-state index contributed by atoms with van der Waals surface area (Å²) < 4.78 is 0. The Bertz CT molecular complexity index is 400. The van der Waals surface area contributed by atoms with E-state index >= 15 is 0 Å². The number of nitrogens with zero attached hydrogens (tertiary/aromatic N) is 1. The van der Waals surface area contributed by atoms with E-state index in [9.17, 15) is 0 Å². The molecule has 0 saturated carbocycles. The predicted molar refractivity (Wildman–Crippen MR) is 82.3 cm³/mol. The van der Waals surface area contributed by atoms with Crippen LogP contribution in [0.4, 0.5) is 0 Å². The Labute approximate surface area is 118 Å². The summed E-state index contributed by atoms with van der Waals surface area (Å²) >= 11 is 0. The SMILES string of the molecule is Cc1ccc(CN2CCCCC2CCCN)cc1C. The molecule has 2 N–H and O–H groups in total. The molecular weight excluding hydrogens is 232 g/mol. The highest BCUT2D eigenvalue weighted by molar-refractivity contribution is 5.29. The Hall–Kier alpha value is -0.860. The molecule has 1 heterocycles. The summed E-state index contributed by atoms with van der Waals surface area (Å²) in [6.45, 7) is 7.58. The van der Waals surface area contributed by atoms with Crippen LogP contribution in [0.5, 0.6) is 0 Å². The third-order valence-electron chi connectivity index (χ3n) is 4.45. The molecule has 1 aliphatic heterocycles. The van der Waals surface area contributed by atoms with E-state index in [0.29, 0.717) is 0 Å². The van der Waals surface area contributed by atoms with Crippen LogP contribution >= 0.6 is 0 Å². The zero-order valence-corrected chi connectivity index (χ0v) is 12.5. The van der Waals surface area contributed by atoms with Crippen molar-refractivity contribution >= 4 is 0 Å². The molecule has 0 spiro atoms. The van der Waals surface area contributed by atoms with Crippen LogP contribution in [0.25, 0.3) is 0 Å². The molecule has 2 heteroatoms. The summed E-state index contributed by atoms with van der Waals surface area (Å²) in [5.41, 5.74) is 9.92. The molecule has 1 fully saturated rings. The van der Waals surface area contributed by atoms with Crippen LogP contribution in [0.15, 0.2) is 18.2 Å². The molecule has 1 aliphatic rings. The van der Waals surface area contributed by atoms with Crippen molar-refractivity contribution in [2.75, 3.05) is 13.1 Å². The van der Waals surface area contributed by atoms with Crippen molar-refractivity contribution in [3.63, 3.8) is 0 Å². The molecular formula is C17H28N2. The van der Waals surface area contributed by atoms with Crippen LogP contribution in [-0.2, 0) is 6.54 Å². The second-order valence-corrected chi connectivity index (χ2v) is 5.97. The minimum atomic E-state index is 0.749. The second kappa shape index (κ2) is 7.06. The summed E-state index contributed by atoms with van der Waals surface area (Å²) in [6, 6.07) is 7.64. The first-order valence-corrected chi connectivity index (χ1v) is 7.71. The summed E-state index contributed by atoms with van der Waals surface area (Å²) in [6.07, 6.45) is 6.52. The molecule has 0 aliphatic carbocycles. The van der Waals surface area contributed by atoms with E-state index in [1.807, 2.05) is 0 Å². The van der Waals surface area contributed by atoms with Crippen LogP contribution in [0, 0.1) is 13.8 Å². The Balaban J connectivity index is 1.99. The zero-order chi connectivity index (χ0) is 13.7. The van der Waals surface area contributed by atoms with Gasteiger partial charge >= 0.3 is 0 Å². The van der Waals surface area contributed by atoms with Crippen LogP contribution in [0.2, 0.25) is 0 Å². The summed E-state index contributed by atoms with van der Waals surface area (Å²) in [5, 5.41) is 0. The van der Waals surface area contributed by atoms with Gasteiger partial charge in [-0.25, -0.2) is 0 Å². The van der Waals surface area contributed by atoms with E-state index in [-0.39, 0.29) is 0 Å². The molecule has 2 nitrogen and oxygen atoms in total. The molecule has 106 valence electrons. The van der Waals surface area contributed by atoms with Gasteiger partial charge in [-0.15, -0.1) is 0 Å². The molecule has 1 saturated heterocycles. The van der Waals surface area contributed by atoms with Gasteiger partial charge in [-0.05, 0) is 69.3 Å². The predicted octanol–water partition coefficient (Wildman–Crippen LogP) is 3.40. The van der Waals surface area contributed by atoms with Crippen molar-refractivity contribution in [2.24, 2.45) is 5.73 Å². The largest absolute Gasteiger partial charge is 0.330 e. The van der Waals surface area contributed by atoms with Gasteiger partial charge in [0, 0.05) is 12.6 Å². The van der Waals surface area contributed by atoms with Gasteiger partial charge < -0.3 is 5.73 Å². The first kappa shape index (κ1) is 14.5. The maximum atomic E-state index is 5.66. The third-order valence-corrected chi connectivity index (χ3v) is 4.45. The lowest BCUT2D eigenvalue weighted by atomic mass is 9.96. The smallest absolute Gasteiger partial charge is 0.0236 e. The van der Waals surface area contributed by atoms with E-state index < -0.39 is 0 Å². The minimum Gasteiger partial charge on any atom is -0.330 e. The molecule has 0 bridgehead atoms. The van der Waals surface area contributed by atoms with E-state index in [4.69, 9.17) is 5.73 Å². The summed E-state index contributed by atoms with van der Waals surface area (Å²) in [4.78, 5) is 2.67. The van der Waals surface area contributed by atoms with Gasteiger partial charge in [0.1, 0.15) is 0 Å². The van der Waals surface area contributed by atoms with Crippen molar-refractivity contribution in [1.29, 1.82) is 0 Å². The van der Waals surface area contributed by atoms with Crippen molar-refractivity contribution in [3.05, 3.63) is 34.9 Å². The maximum Gasteiger partial charge on any atom is 0.0236 e. The number of nitrogens with two attached hydrogens (primary N) is 1. The molecule has 1 aromatic carbocycles. The van der Waals surface area contributed by atoms with Gasteiger partial charge in [-0.2, -0.15) is 0 Å². The molecule has 1 aromatic rings. The van der Waals surface area contributed by atoms with Gasteiger partial charge in [0.05, 0.1) is 0 Å². The van der Waals surface area contributed by atoms with E-state index in [2.05, 4.69) is 36.9 Å². The zero-order valence-electron chi connectivity index (χ0n) is 12.5. The molecule has 0 radical (unpaired) electrons. The highest BCUT2D eigenvalue weighted by Crippen LogP contribution is 2.23. The Morgan fingerprint density at radius 3 is 2.79 bits per heavy atom. The average Bonchev–Trinajstić information content (AvgIpc) is 2.42. The fourth-order valence-corrected chi connectivity index (χ4v) is 3.08. The number of benzene rings is 1. The number of hydrogen-bond donors (Lipinski definition) is 1. The highest BCUT2D eigenvalue weighted by atomic mass is 15.2. The molecule has 1 atom stereocenters. The van der Waals surface area contributed by atoms with Crippen molar-refractivity contribution in [2.45, 2.75) is 58.5 Å². The Morgan fingerprint density at radius 1 is 1.21 bits per heavy atom. The topological polar surface area (TPSA) is 29.3 Å². The molecule has 0 aromatic heterocycles. The molecule has 0 amide bonds. The van der Waals surface area contributed by atoms with Crippen molar-refractivity contribution < 1.29 is 0 Å². The summed E-state index contributed by atoms with van der Waals surface area (Å²) in [7, 11) is 0. The highest BCUT2D eigenvalue weighted by Gasteiger charge is 2.21. The van der Waals surface area contributed by atoms with E-state index in [1.165, 1.54) is 48.9 Å². The van der Waals surface area contributed by atoms with E-state index in [1.54, 1.807) is 0 Å². The minimum absolute atomic E-state index is 0.749. The first-order valence-electron chi connectivity index (χ1n) is 7.71. The fourth-order valence-electron chi connectivity index (χ4n) is 3.08. The average molecular weight is 260 g/mol.